The monoisotopic (exact) mass is 554 g/mol. The number of anilines is 1. The van der Waals surface area contributed by atoms with Gasteiger partial charge in [-0.25, -0.2) is 13.4 Å². The third-order valence-corrected chi connectivity index (χ3v) is 10.2. The smallest absolute Gasteiger partial charge is 0.243 e. The molecule has 0 atom stereocenters. The van der Waals surface area contributed by atoms with Crippen molar-refractivity contribution >= 4 is 54.2 Å². The Bertz CT molecular complexity index is 1490. The van der Waals surface area contributed by atoms with Crippen molar-refractivity contribution in [2.75, 3.05) is 18.0 Å². The summed E-state index contributed by atoms with van der Waals surface area (Å²) in [6.07, 6.45) is 4.32. The van der Waals surface area contributed by atoms with Crippen LogP contribution in [0.5, 0.6) is 0 Å². The molecule has 1 aliphatic rings. The van der Waals surface area contributed by atoms with Gasteiger partial charge in [-0.05, 0) is 62.1 Å². The quantitative estimate of drug-likeness (QED) is 0.310. The zero-order chi connectivity index (χ0) is 26.2. The molecule has 0 N–H and O–H groups in total. The third kappa shape index (κ3) is 5.27. The van der Waals surface area contributed by atoms with Gasteiger partial charge in [0.2, 0.25) is 15.9 Å². The van der Waals surface area contributed by atoms with Crippen molar-refractivity contribution in [3.8, 4) is 0 Å². The summed E-state index contributed by atoms with van der Waals surface area (Å²) in [5, 5.41) is 1.18. The van der Waals surface area contributed by atoms with Gasteiger partial charge < -0.3 is 0 Å². The molecule has 0 spiro atoms. The number of rotatable bonds is 6. The second-order valence-corrected chi connectivity index (χ2v) is 12.6. The highest BCUT2D eigenvalue weighted by Gasteiger charge is 2.35. The molecular weight excluding hydrogens is 528 g/mol. The average Bonchev–Trinajstić information content (AvgIpc) is 3.37. The fourth-order valence-electron chi connectivity index (χ4n) is 4.54. The van der Waals surface area contributed by atoms with E-state index in [0.29, 0.717) is 29.5 Å². The number of halogens is 1. The Morgan fingerprint density at radius 1 is 1.11 bits per heavy atom. The van der Waals surface area contributed by atoms with E-state index in [1.807, 2.05) is 38.1 Å². The predicted octanol–water partition coefficient (Wildman–Crippen LogP) is 5.60. The minimum Gasteiger partial charge on any atom is -0.283 e. The number of piperidine rings is 1. The van der Waals surface area contributed by atoms with E-state index in [-0.39, 0.29) is 29.8 Å². The molecule has 1 saturated heterocycles. The van der Waals surface area contributed by atoms with Crippen LogP contribution >= 0.6 is 22.9 Å². The van der Waals surface area contributed by atoms with Crippen LogP contribution in [0.4, 0.5) is 5.13 Å². The Labute approximate surface area is 225 Å². The highest BCUT2D eigenvalue weighted by molar-refractivity contribution is 7.89. The number of carbonyl (C=O) groups is 1. The van der Waals surface area contributed by atoms with Crippen molar-refractivity contribution in [2.45, 2.75) is 38.1 Å². The van der Waals surface area contributed by atoms with Gasteiger partial charge in [0.15, 0.2) is 5.13 Å². The number of sulfonamides is 1. The number of amides is 1. The molecule has 37 heavy (non-hydrogen) atoms. The van der Waals surface area contributed by atoms with Crippen molar-refractivity contribution < 1.29 is 13.2 Å². The summed E-state index contributed by atoms with van der Waals surface area (Å²) in [5.41, 5.74) is 3.67. The summed E-state index contributed by atoms with van der Waals surface area (Å²) in [5.74, 6) is -0.381. The highest BCUT2D eigenvalue weighted by Crippen LogP contribution is 2.37. The van der Waals surface area contributed by atoms with Crippen LogP contribution in [-0.2, 0) is 21.4 Å². The average molecular weight is 555 g/mol. The first-order valence-corrected chi connectivity index (χ1v) is 14.7. The molecule has 7 nitrogen and oxygen atoms in total. The summed E-state index contributed by atoms with van der Waals surface area (Å²) < 4.78 is 28.6. The van der Waals surface area contributed by atoms with Crippen LogP contribution in [0, 0.1) is 19.8 Å². The van der Waals surface area contributed by atoms with E-state index >= 15 is 0 Å². The van der Waals surface area contributed by atoms with Gasteiger partial charge in [0, 0.05) is 31.4 Å². The van der Waals surface area contributed by atoms with Gasteiger partial charge in [0.05, 0.1) is 26.7 Å². The summed E-state index contributed by atoms with van der Waals surface area (Å²) in [6, 6.07) is 14.4. The van der Waals surface area contributed by atoms with E-state index in [2.05, 4.69) is 4.98 Å². The predicted molar refractivity (Wildman–Crippen MR) is 147 cm³/mol. The molecule has 192 valence electrons. The minimum atomic E-state index is -3.60. The van der Waals surface area contributed by atoms with Gasteiger partial charge in [0.25, 0.3) is 0 Å². The Morgan fingerprint density at radius 3 is 2.49 bits per heavy atom. The summed E-state index contributed by atoms with van der Waals surface area (Å²) in [4.78, 5) is 24.9. The number of aryl methyl sites for hydroxylation is 2. The molecule has 1 fully saturated rings. The summed E-state index contributed by atoms with van der Waals surface area (Å²) >= 11 is 7.84. The minimum absolute atomic E-state index is 0.0657. The number of benzene rings is 2. The number of nitrogens with zero attached hydrogens (tertiary/aromatic N) is 4. The maximum atomic E-state index is 13.9. The molecule has 2 aromatic carbocycles. The molecule has 1 aliphatic heterocycles. The highest BCUT2D eigenvalue weighted by atomic mass is 35.5. The lowest BCUT2D eigenvalue weighted by Crippen LogP contribution is -2.44. The number of thiazole rings is 1. The van der Waals surface area contributed by atoms with Crippen LogP contribution in [0.2, 0.25) is 5.02 Å². The lowest BCUT2D eigenvalue weighted by Gasteiger charge is -2.33. The van der Waals surface area contributed by atoms with Crippen LogP contribution in [0.3, 0.4) is 0 Å². The van der Waals surface area contributed by atoms with Gasteiger partial charge >= 0.3 is 0 Å². The molecule has 0 bridgehead atoms. The van der Waals surface area contributed by atoms with Crippen LogP contribution in [0.15, 0.2) is 65.8 Å². The summed E-state index contributed by atoms with van der Waals surface area (Å²) in [7, 11) is -3.60. The molecule has 4 aromatic rings. The molecule has 0 aliphatic carbocycles. The second-order valence-electron chi connectivity index (χ2n) is 9.32. The largest absolute Gasteiger partial charge is 0.283 e. The molecule has 0 radical (unpaired) electrons. The first-order chi connectivity index (χ1) is 17.7. The van der Waals surface area contributed by atoms with E-state index in [1.54, 1.807) is 41.6 Å². The van der Waals surface area contributed by atoms with Gasteiger partial charge in [-0.1, -0.05) is 52.8 Å². The van der Waals surface area contributed by atoms with Gasteiger partial charge in [-0.15, -0.1) is 0 Å². The number of fused-ring (bicyclic) bond motifs is 1. The first-order valence-electron chi connectivity index (χ1n) is 12.1. The fourth-order valence-corrected chi connectivity index (χ4v) is 7.33. The molecule has 0 unspecified atom stereocenters. The van der Waals surface area contributed by atoms with Gasteiger partial charge in [-0.2, -0.15) is 4.31 Å². The number of hydrogen-bond acceptors (Lipinski definition) is 6. The van der Waals surface area contributed by atoms with Crippen molar-refractivity contribution in [2.24, 2.45) is 5.92 Å². The van der Waals surface area contributed by atoms with Crippen LogP contribution in [-0.4, -0.2) is 41.7 Å². The lowest BCUT2D eigenvalue weighted by atomic mass is 9.96. The maximum Gasteiger partial charge on any atom is 0.243 e. The van der Waals surface area contributed by atoms with Crippen LogP contribution in [0.1, 0.15) is 29.5 Å². The van der Waals surface area contributed by atoms with E-state index in [9.17, 15) is 13.2 Å². The van der Waals surface area contributed by atoms with E-state index in [1.165, 1.54) is 15.6 Å². The Hall–Kier alpha value is -2.85. The molecule has 1 amide bonds. The SMILES string of the molecule is Cc1ccc(S(=O)(=O)N2CCC(C(=O)N(Cc3cccnc3)c3nc4c(C)ccc(Cl)c4s3)CC2)cc1. The van der Waals surface area contributed by atoms with Crippen molar-refractivity contribution in [3.05, 3.63) is 82.6 Å². The topological polar surface area (TPSA) is 83.5 Å². The van der Waals surface area contributed by atoms with E-state index in [0.717, 1.165) is 26.9 Å². The molecule has 0 saturated carbocycles. The zero-order valence-electron chi connectivity index (χ0n) is 20.6. The van der Waals surface area contributed by atoms with Crippen LogP contribution in [0.25, 0.3) is 10.2 Å². The maximum absolute atomic E-state index is 13.9. The standard InChI is InChI=1S/C27H27ClN4O3S2/c1-18-5-8-22(9-6-18)37(34,35)31-14-11-21(12-15-31)26(33)32(17-20-4-3-13-29-16-20)27-30-24-19(2)7-10-23(28)25(24)36-27/h3-10,13,16,21H,11-12,14-15,17H2,1-2H3. The van der Waals surface area contributed by atoms with Gasteiger partial charge in [-0.3, -0.25) is 14.7 Å². The molecule has 3 heterocycles. The molecular formula is C27H27ClN4O3S2. The first kappa shape index (κ1) is 25.8. The Balaban J connectivity index is 1.39. The van der Waals surface area contributed by atoms with Crippen molar-refractivity contribution in [1.29, 1.82) is 0 Å². The fraction of sp³-hybridized carbons (Fsp3) is 0.296. The van der Waals surface area contributed by atoms with E-state index < -0.39 is 10.0 Å². The zero-order valence-corrected chi connectivity index (χ0v) is 23.0. The summed E-state index contributed by atoms with van der Waals surface area (Å²) in [6.45, 7) is 4.80. The molecule has 5 rings (SSSR count). The lowest BCUT2D eigenvalue weighted by molar-refractivity contribution is -0.123. The van der Waals surface area contributed by atoms with Crippen molar-refractivity contribution in [1.82, 2.24) is 14.3 Å². The number of hydrogen-bond donors (Lipinski definition) is 0. The van der Waals surface area contributed by atoms with Gasteiger partial charge in [0.1, 0.15) is 0 Å². The third-order valence-electron chi connectivity index (χ3n) is 6.71. The normalized spacial score (nSPS) is 15.2. The second kappa shape index (κ2) is 10.5. The van der Waals surface area contributed by atoms with Crippen LogP contribution < -0.4 is 4.90 Å². The molecule has 2 aromatic heterocycles. The van der Waals surface area contributed by atoms with Crippen molar-refractivity contribution in [3.63, 3.8) is 0 Å². The number of carbonyl (C=O) groups excluding carboxylic acids is 1. The number of aromatic nitrogens is 2. The number of pyridine rings is 1. The van der Waals surface area contributed by atoms with E-state index in [4.69, 9.17) is 16.6 Å². The Kier molecular flexibility index (Phi) is 7.31. The molecule has 10 heteroatoms. The Morgan fingerprint density at radius 2 is 1.84 bits per heavy atom.